The molecule has 1 saturated carbocycles. The number of hydrogen-bond acceptors (Lipinski definition) is 5. The highest BCUT2D eigenvalue weighted by molar-refractivity contribution is 7.10. The number of aliphatic carboxylic acids is 1. The molecular weight excluding hydrogens is 388 g/mol. The molecule has 1 aromatic rings. The van der Waals surface area contributed by atoms with Crippen molar-refractivity contribution < 1.29 is 24.9 Å². The van der Waals surface area contributed by atoms with Crippen molar-refractivity contribution in [1.82, 2.24) is 0 Å². The highest BCUT2D eigenvalue weighted by Crippen LogP contribution is 2.36. The SMILES string of the molecule is CC[C@H](/C=C(/OC)[C@H](CC)C(O)C(O)=C(C(=O)O)C1CCCC1)c1ccsc1C. The number of carboxylic acids is 1. The molecule has 0 spiro atoms. The molecule has 0 radical (unpaired) electrons. The van der Waals surface area contributed by atoms with Gasteiger partial charge in [0.15, 0.2) is 0 Å². The van der Waals surface area contributed by atoms with Gasteiger partial charge in [0.25, 0.3) is 0 Å². The fourth-order valence-electron chi connectivity index (χ4n) is 4.39. The molecule has 1 aliphatic carbocycles. The highest BCUT2D eigenvalue weighted by Gasteiger charge is 2.34. The van der Waals surface area contributed by atoms with Gasteiger partial charge in [0.2, 0.25) is 0 Å². The molecule has 3 atom stereocenters. The molecule has 1 aliphatic rings. The van der Waals surface area contributed by atoms with Gasteiger partial charge in [-0.3, -0.25) is 0 Å². The number of aliphatic hydroxyl groups excluding tert-OH is 2. The molecule has 1 heterocycles. The van der Waals surface area contributed by atoms with Gasteiger partial charge in [-0.15, -0.1) is 11.3 Å². The number of hydrogen-bond donors (Lipinski definition) is 3. The van der Waals surface area contributed by atoms with E-state index in [2.05, 4.69) is 25.3 Å². The number of thiophene rings is 1. The van der Waals surface area contributed by atoms with Gasteiger partial charge in [-0.05, 0) is 61.6 Å². The Kier molecular flexibility index (Phi) is 8.78. The van der Waals surface area contributed by atoms with Crippen LogP contribution in [0.2, 0.25) is 0 Å². The number of aryl methyl sites for hydroxylation is 1. The second kappa shape index (κ2) is 10.8. The van der Waals surface area contributed by atoms with E-state index < -0.39 is 23.8 Å². The normalized spacial score (nSPS) is 19.6. The van der Waals surface area contributed by atoms with Crippen LogP contribution in [0.1, 0.15) is 68.7 Å². The molecule has 162 valence electrons. The lowest BCUT2D eigenvalue weighted by atomic mass is 9.87. The Hall–Kier alpha value is -1.79. The van der Waals surface area contributed by atoms with Crippen LogP contribution in [0, 0.1) is 18.8 Å². The molecule has 1 unspecified atom stereocenters. The summed E-state index contributed by atoms with van der Waals surface area (Å²) in [6, 6.07) is 2.11. The van der Waals surface area contributed by atoms with Crippen molar-refractivity contribution in [3.63, 3.8) is 0 Å². The Labute approximate surface area is 177 Å². The summed E-state index contributed by atoms with van der Waals surface area (Å²) in [7, 11) is 1.56. The second-order valence-corrected chi connectivity index (χ2v) is 8.89. The monoisotopic (exact) mass is 422 g/mol. The lowest BCUT2D eigenvalue weighted by molar-refractivity contribution is -0.133. The van der Waals surface area contributed by atoms with Crippen LogP contribution in [0.5, 0.6) is 0 Å². The minimum atomic E-state index is -1.31. The minimum absolute atomic E-state index is 0.0374. The third-order valence-corrected chi connectivity index (χ3v) is 6.94. The molecule has 0 bridgehead atoms. The topological polar surface area (TPSA) is 87.0 Å². The van der Waals surface area contributed by atoms with Gasteiger partial charge in [-0.25, -0.2) is 4.79 Å². The first-order valence-corrected chi connectivity index (χ1v) is 11.4. The molecule has 0 aromatic carbocycles. The highest BCUT2D eigenvalue weighted by atomic mass is 32.1. The standard InChI is InChI=1S/C23H34O5S/c1-5-15(18-11-12-29-14(18)3)13-19(28-4)17(6-2)21(24)22(25)20(23(26)27)16-9-7-8-10-16/h11-13,15-17,21,24-25H,5-10H2,1-4H3,(H,26,27)/b19-13+,22-20?/t15-,17+,21?/m1/s1. The van der Waals surface area contributed by atoms with Crippen molar-refractivity contribution in [2.24, 2.45) is 11.8 Å². The number of ether oxygens (including phenoxy) is 1. The van der Waals surface area contributed by atoms with Crippen LogP contribution >= 0.6 is 11.3 Å². The Bertz CT molecular complexity index is 742. The van der Waals surface area contributed by atoms with Crippen LogP contribution < -0.4 is 0 Å². The fourth-order valence-corrected chi connectivity index (χ4v) is 5.16. The summed E-state index contributed by atoms with van der Waals surface area (Å²) >= 11 is 1.70. The molecule has 0 saturated heterocycles. The van der Waals surface area contributed by atoms with E-state index in [-0.39, 0.29) is 17.4 Å². The molecule has 6 heteroatoms. The summed E-state index contributed by atoms with van der Waals surface area (Å²) in [5, 5.41) is 33.4. The summed E-state index contributed by atoms with van der Waals surface area (Å²) in [6.45, 7) is 6.09. The number of aliphatic hydroxyl groups is 2. The van der Waals surface area contributed by atoms with Crippen molar-refractivity contribution in [3.8, 4) is 0 Å². The minimum Gasteiger partial charge on any atom is -0.509 e. The molecule has 1 fully saturated rings. The Morgan fingerprint density at radius 2 is 1.93 bits per heavy atom. The van der Waals surface area contributed by atoms with Gasteiger partial charge < -0.3 is 20.1 Å². The average molecular weight is 423 g/mol. The maximum Gasteiger partial charge on any atom is 0.335 e. The lowest BCUT2D eigenvalue weighted by Gasteiger charge is -2.26. The van der Waals surface area contributed by atoms with Gasteiger partial charge in [-0.1, -0.05) is 26.7 Å². The largest absolute Gasteiger partial charge is 0.509 e. The third-order valence-electron chi connectivity index (χ3n) is 6.08. The van der Waals surface area contributed by atoms with E-state index in [1.54, 1.807) is 18.4 Å². The maximum absolute atomic E-state index is 11.8. The number of carbonyl (C=O) groups is 1. The van der Waals surface area contributed by atoms with E-state index in [0.717, 1.165) is 32.1 Å². The quantitative estimate of drug-likeness (QED) is 0.340. The predicted octanol–water partition coefficient (Wildman–Crippen LogP) is 5.55. The van der Waals surface area contributed by atoms with Crippen LogP contribution in [-0.2, 0) is 9.53 Å². The Balaban J connectivity index is 2.38. The third kappa shape index (κ3) is 5.43. The maximum atomic E-state index is 11.8. The molecule has 1 aromatic heterocycles. The van der Waals surface area contributed by atoms with Crippen molar-refractivity contribution >= 4 is 17.3 Å². The molecule has 0 aliphatic heterocycles. The lowest BCUT2D eigenvalue weighted by Crippen LogP contribution is -2.29. The van der Waals surface area contributed by atoms with E-state index >= 15 is 0 Å². The van der Waals surface area contributed by atoms with Gasteiger partial charge in [0.05, 0.1) is 18.4 Å². The van der Waals surface area contributed by atoms with Crippen LogP contribution in [-0.4, -0.2) is 34.5 Å². The Morgan fingerprint density at radius 3 is 2.38 bits per heavy atom. The number of rotatable bonds is 10. The summed E-state index contributed by atoms with van der Waals surface area (Å²) in [6.07, 6.45) is 5.46. The zero-order valence-electron chi connectivity index (χ0n) is 17.9. The van der Waals surface area contributed by atoms with Crippen molar-refractivity contribution in [2.75, 3.05) is 7.11 Å². The second-order valence-electron chi connectivity index (χ2n) is 7.77. The van der Waals surface area contributed by atoms with E-state index in [4.69, 9.17) is 4.74 Å². The zero-order valence-corrected chi connectivity index (χ0v) is 18.7. The van der Waals surface area contributed by atoms with Crippen LogP contribution in [0.4, 0.5) is 0 Å². The van der Waals surface area contributed by atoms with Crippen molar-refractivity contribution in [3.05, 3.63) is 45.1 Å². The van der Waals surface area contributed by atoms with Gasteiger partial charge in [0, 0.05) is 16.7 Å². The first-order chi connectivity index (χ1) is 13.8. The van der Waals surface area contributed by atoms with E-state index in [9.17, 15) is 20.1 Å². The molecule has 3 N–H and O–H groups in total. The fraction of sp³-hybridized carbons (Fsp3) is 0.609. The molecule has 2 rings (SSSR count). The summed E-state index contributed by atoms with van der Waals surface area (Å²) in [5.74, 6) is -1.56. The van der Waals surface area contributed by atoms with Crippen LogP contribution in [0.3, 0.4) is 0 Å². The summed E-state index contributed by atoms with van der Waals surface area (Å²) in [4.78, 5) is 13.1. The Morgan fingerprint density at radius 1 is 1.28 bits per heavy atom. The summed E-state index contributed by atoms with van der Waals surface area (Å²) < 4.78 is 5.63. The van der Waals surface area contributed by atoms with Gasteiger partial charge in [-0.2, -0.15) is 0 Å². The smallest absolute Gasteiger partial charge is 0.335 e. The van der Waals surface area contributed by atoms with Crippen molar-refractivity contribution in [1.29, 1.82) is 0 Å². The summed E-state index contributed by atoms with van der Waals surface area (Å²) in [5.41, 5.74) is 1.19. The number of allylic oxidation sites excluding steroid dienone is 1. The molecule has 5 nitrogen and oxygen atoms in total. The zero-order chi connectivity index (χ0) is 21.6. The number of carboxylic acid groups (broad SMARTS) is 1. The molecular formula is C23H34O5S. The molecule has 0 amide bonds. The predicted molar refractivity (Wildman–Crippen MR) is 116 cm³/mol. The van der Waals surface area contributed by atoms with Crippen LogP contribution in [0.15, 0.2) is 34.6 Å². The van der Waals surface area contributed by atoms with E-state index in [1.807, 2.05) is 13.0 Å². The first kappa shape index (κ1) is 23.5. The van der Waals surface area contributed by atoms with Crippen molar-refractivity contribution in [2.45, 2.75) is 71.3 Å². The number of methoxy groups -OCH3 is 1. The van der Waals surface area contributed by atoms with Crippen LogP contribution in [0.25, 0.3) is 0 Å². The first-order valence-electron chi connectivity index (χ1n) is 10.5. The molecule has 29 heavy (non-hydrogen) atoms. The average Bonchev–Trinajstić information content (AvgIpc) is 3.36. The van der Waals surface area contributed by atoms with Gasteiger partial charge >= 0.3 is 5.97 Å². The van der Waals surface area contributed by atoms with Gasteiger partial charge in [0.1, 0.15) is 11.9 Å². The van der Waals surface area contributed by atoms with E-state index in [1.165, 1.54) is 10.4 Å². The van der Waals surface area contributed by atoms with E-state index in [0.29, 0.717) is 12.2 Å².